The molecule has 0 aromatic heterocycles. The van der Waals surface area contributed by atoms with Crippen LogP contribution in [0.15, 0.2) is 48.5 Å². The molecule has 0 bridgehead atoms. The maximum absolute atomic E-state index is 10.9. The zero-order valence-corrected chi connectivity index (χ0v) is 8.60. The monoisotopic (exact) mass is 205 g/mol. The standard InChI is InChI=1S/C15H9O/c16-10-12-5-3-7-15-13-6-2-1-4-11(13)8-9-14(12)15/h1-6,8-10H. The van der Waals surface area contributed by atoms with E-state index in [1.165, 1.54) is 5.39 Å². The Morgan fingerprint density at radius 2 is 1.81 bits per heavy atom. The van der Waals surface area contributed by atoms with Gasteiger partial charge in [0, 0.05) is 5.56 Å². The molecule has 1 radical (unpaired) electrons. The highest BCUT2D eigenvalue weighted by Crippen LogP contribution is 2.26. The summed E-state index contributed by atoms with van der Waals surface area (Å²) in [6, 6.07) is 19.0. The first kappa shape index (κ1) is 9.10. The van der Waals surface area contributed by atoms with Crippen molar-refractivity contribution in [1.29, 1.82) is 0 Å². The van der Waals surface area contributed by atoms with Gasteiger partial charge in [-0.2, -0.15) is 0 Å². The van der Waals surface area contributed by atoms with Gasteiger partial charge in [0.2, 0.25) is 0 Å². The van der Waals surface area contributed by atoms with E-state index in [0.717, 1.165) is 28.0 Å². The highest BCUT2D eigenvalue weighted by Gasteiger charge is 2.03. The summed E-state index contributed by atoms with van der Waals surface area (Å²) in [5.41, 5.74) is 0.722. The summed E-state index contributed by atoms with van der Waals surface area (Å²) in [6.45, 7) is 0. The van der Waals surface area contributed by atoms with E-state index in [0.29, 0.717) is 0 Å². The zero-order chi connectivity index (χ0) is 11.0. The quantitative estimate of drug-likeness (QED) is 0.438. The van der Waals surface area contributed by atoms with Gasteiger partial charge in [-0.1, -0.05) is 48.5 Å². The molecule has 0 aliphatic carbocycles. The predicted octanol–water partition coefficient (Wildman–Crippen LogP) is 3.61. The molecule has 0 heterocycles. The molecule has 1 nitrogen and oxygen atoms in total. The Morgan fingerprint density at radius 3 is 2.69 bits per heavy atom. The van der Waals surface area contributed by atoms with Crippen molar-refractivity contribution < 1.29 is 4.79 Å². The van der Waals surface area contributed by atoms with Crippen LogP contribution in [0.2, 0.25) is 0 Å². The van der Waals surface area contributed by atoms with E-state index in [1.54, 1.807) is 12.1 Å². The van der Waals surface area contributed by atoms with E-state index in [1.807, 2.05) is 24.3 Å². The lowest BCUT2D eigenvalue weighted by Gasteiger charge is -2.04. The highest BCUT2D eigenvalue weighted by atomic mass is 16.1. The van der Waals surface area contributed by atoms with Gasteiger partial charge in [-0.05, 0) is 27.6 Å². The normalized spacial score (nSPS) is 10.8. The minimum atomic E-state index is 0.722. The number of carbonyl (C=O) groups excluding carboxylic acids is 1. The van der Waals surface area contributed by atoms with Crippen molar-refractivity contribution in [3.05, 3.63) is 60.2 Å². The van der Waals surface area contributed by atoms with Crippen molar-refractivity contribution in [2.45, 2.75) is 0 Å². The molecule has 0 saturated heterocycles. The van der Waals surface area contributed by atoms with Crippen LogP contribution >= 0.6 is 0 Å². The molecule has 0 amide bonds. The lowest BCUT2D eigenvalue weighted by molar-refractivity contribution is 0.112. The second-order valence-corrected chi connectivity index (χ2v) is 3.76. The van der Waals surface area contributed by atoms with Gasteiger partial charge in [-0.3, -0.25) is 4.79 Å². The highest BCUT2D eigenvalue weighted by molar-refractivity contribution is 6.11. The summed E-state index contributed by atoms with van der Waals surface area (Å²) in [5, 5.41) is 4.30. The summed E-state index contributed by atoms with van der Waals surface area (Å²) >= 11 is 0. The summed E-state index contributed by atoms with van der Waals surface area (Å²) in [4.78, 5) is 10.9. The fourth-order valence-electron chi connectivity index (χ4n) is 2.07. The maximum Gasteiger partial charge on any atom is 0.150 e. The number of fused-ring (bicyclic) bond motifs is 3. The fraction of sp³-hybridized carbons (Fsp3) is 0. The van der Waals surface area contributed by atoms with Crippen LogP contribution in [0.25, 0.3) is 21.5 Å². The SMILES string of the molecule is O=Cc1cc[c]c2c1ccc1ccccc12. The number of aldehydes is 1. The van der Waals surface area contributed by atoms with Crippen molar-refractivity contribution in [1.82, 2.24) is 0 Å². The number of hydrogen-bond acceptors (Lipinski definition) is 1. The van der Waals surface area contributed by atoms with Gasteiger partial charge in [0.05, 0.1) is 0 Å². The number of benzene rings is 3. The van der Waals surface area contributed by atoms with E-state index in [4.69, 9.17) is 0 Å². The van der Waals surface area contributed by atoms with Gasteiger partial charge in [0.15, 0.2) is 6.29 Å². The van der Waals surface area contributed by atoms with E-state index in [-0.39, 0.29) is 0 Å². The van der Waals surface area contributed by atoms with Crippen LogP contribution in [-0.2, 0) is 0 Å². The topological polar surface area (TPSA) is 17.1 Å². The van der Waals surface area contributed by atoms with Gasteiger partial charge < -0.3 is 0 Å². The lowest BCUT2D eigenvalue weighted by atomic mass is 9.99. The molecule has 0 aliphatic heterocycles. The molecule has 0 aliphatic rings. The van der Waals surface area contributed by atoms with Crippen molar-refractivity contribution in [3.8, 4) is 0 Å². The molecular formula is C15H9O. The summed E-state index contributed by atoms with van der Waals surface area (Å²) in [5.74, 6) is 0. The smallest absolute Gasteiger partial charge is 0.150 e. The third kappa shape index (κ3) is 1.22. The first-order valence-electron chi connectivity index (χ1n) is 5.17. The second-order valence-electron chi connectivity index (χ2n) is 3.76. The molecule has 0 fully saturated rings. The summed E-state index contributed by atoms with van der Waals surface area (Å²) in [6.07, 6.45) is 0.894. The molecule has 16 heavy (non-hydrogen) atoms. The predicted molar refractivity (Wildman–Crippen MR) is 65.7 cm³/mol. The molecule has 3 aromatic rings. The number of carbonyl (C=O) groups is 1. The van der Waals surface area contributed by atoms with Gasteiger partial charge in [-0.25, -0.2) is 0 Å². The van der Waals surface area contributed by atoms with Crippen molar-refractivity contribution in [3.63, 3.8) is 0 Å². The number of hydrogen-bond donors (Lipinski definition) is 0. The van der Waals surface area contributed by atoms with E-state index >= 15 is 0 Å². The first-order valence-corrected chi connectivity index (χ1v) is 5.17. The number of rotatable bonds is 1. The van der Waals surface area contributed by atoms with E-state index in [9.17, 15) is 4.79 Å². The molecule has 0 N–H and O–H groups in total. The van der Waals surface area contributed by atoms with Gasteiger partial charge in [0.1, 0.15) is 0 Å². The maximum atomic E-state index is 10.9. The van der Waals surface area contributed by atoms with Crippen molar-refractivity contribution >= 4 is 27.8 Å². The van der Waals surface area contributed by atoms with E-state index < -0.39 is 0 Å². The molecule has 0 spiro atoms. The Hall–Kier alpha value is -2.15. The summed E-state index contributed by atoms with van der Waals surface area (Å²) in [7, 11) is 0. The Balaban J connectivity index is 2.57. The van der Waals surface area contributed by atoms with E-state index in [2.05, 4.69) is 18.2 Å². The Morgan fingerprint density at radius 1 is 0.938 bits per heavy atom. The van der Waals surface area contributed by atoms with Crippen molar-refractivity contribution in [2.24, 2.45) is 0 Å². The molecule has 3 aromatic carbocycles. The molecule has 0 unspecified atom stereocenters. The second kappa shape index (κ2) is 3.46. The Labute approximate surface area is 93.3 Å². The minimum absolute atomic E-state index is 0.722. The Bertz CT molecular complexity index is 683. The minimum Gasteiger partial charge on any atom is -0.298 e. The lowest BCUT2D eigenvalue weighted by Crippen LogP contribution is -1.84. The molecule has 3 rings (SSSR count). The summed E-state index contributed by atoms with van der Waals surface area (Å²) < 4.78 is 0. The molecule has 75 valence electrons. The van der Waals surface area contributed by atoms with Crippen LogP contribution in [0, 0.1) is 6.07 Å². The van der Waals surface area contributed by atoms with Crippen LogP contribution in [0.1, 0.15) is 10.4 Å². The van der Waals surface area contributed by atoms with Crippen LogP contribution in [0.4, 0.5) is 0 Å². The average molecular weight is 205 g/mol. The first-order chi connectivity index (χ1) is 7.90. The average Bonchev–Trinajstić information content (AvgIpc) is 2.37. The third-order valence-electron chi connectivity index (χ3n) is 2.86. The van der Waals surface area contributed by atoms with Gasteiger partial charge >= 0.3 is 0 Å². The molecule has 0 saturated carbocycles. The van der Waals surface area contributed by atoms with Crippen LogP contribution in [0.3, 0.4) is 0 Å². The van der Waals surface area contributed by atoms with Gasteiger partial charge in [-0.15, -0.1) is 0 Å². The Kier molecular flexibility index (Phi) is 1.97. The largest absolute Gasteiger partial charge is 0.298 e. The molecule has 0 atom stereocenters. The molecular weight excluding hydrogens is 196 g/mol. The van der Waals surface area contributed by atoms with Crippen LogP contribution in [-0.4, -0.2) is 6.29 Å². The van der Waals surface area contributed by atoms with Gasteiger partial charge in [0.25, 0.3) is 0 Å². The van der Waals surface area contributed by atoms with Crippen LogP contribution in [0.5, 0.6) is 0 Å². The van der Waals surface area contributed by atoms with Crippen molar-refractivity contribution in [2.75, 3.05) is 0 Å². The third-order valence-corrected chi connectivity index (χ3v) is 2.86. The van der Waals surface area contributed by atoms with Crippen LogP contribution < -0.4 is 0 Å². The molecule has 1 heteroatoms. The fourth-order valence-corrected chi connectivity index (χ4v) is 2.07. The zero-order valence-electron chi connectivity index (χ0n) is 8.60.